The Labute approximate surface area is 223 Å². The van der Waals surface area contributed by atoms with Crippen LogP contribution in [-0.2, 0) is 12.8 Å². The maximum Gasteiger partial charge on any atom is 0.258 e. The first-order valence-corrected chi connectivity index (χ1v) is 15.5. The predicted octanol–water partition coefficient (Wildman–Crippen LogP) is 7.15. The van der Waals surface area contributed by atoms with Crippen LogP contribution < -0.4 is 18.6 Å². The second kappa shape index (κ2) is 11.9. The number of ether oxygens (including phenoxy) is 3. The molecule has 0 aromatic heterocycles. The van der Waals surface area contributed by atoms with Crippen molar-refractivity contribution in [3.05, 3.63) is 46.0 Å². The molecular weight excluding hydrogens is 490 g/mol. The molecule has 0 unspecified atom stereocenters. The molecule has 7 heteroatoms. The van der Waals surface area contributed by atoms with E-state index in [9.17, 15) is 0 Å². The van der Waals surface area contributed by atoms with Crippen LogP contribution in [0.4, 0.5) is 0 Å². The van der Waals surface area contributed by atoms with Gasteiger partial charge in [-0.25, -0.2) is 4.58 Å². The highest BCUT2D eigenvalue weighted by Gasteiger charge is 2.47. The molecular formula is C29H43ClNO4Si+. The van der Waals surface area contributed by atoms with Gasteiger partial charge in [-0.15, -0.1) is 0 Å². The third kappa shape index (κ3) is 5.70. The van der Waals surface area contributed by atoms with Crippen LogP contribution in [0.25, 0.3) is 0 Å². The van der Waals surface area contributed by atoms with Gasteiger partial charge in [0.05, 0.1) is 21.3 Å². The first-order chi connectivity index (χ1) is 17.1. The first-order valence-electron chi connectivity index (χ1n) is 13.0. The summed E-state index contributed by atoms with van der Waals surface area (Å²) < 4.78 is 26.0. The Balaban J connectivity index is 1.88. The number of benzene rings is 2. The van der Waals surface area contributed by atoms with Crippen LogP contribution in [0, 0.1) is 0 Å². The Hall–Kier alpha value is -2.18. The summed E-state index contributed by atoms with van der Waals surface area (Å²) in [4.78, 5) is 0. The summed E-state index contributed by atoms with van der Waals surface area (Å²) in [6, 6.07) is 8.17. The molecule has 0 bridgehead atoms. The molecule has 0 fully saturated rings. The molecule has 0 atom stereocenters. The van der Waals surface area contributed by atoms with Crippen LogP contribution in [0.5, 0.6) is 23.0 Å². The number of rotatable bonds is 11. The fraction of sp³-hybridized carbons (Fsp3) is 0.552. The van der Waals surface area contributed by atoms with Gasteiger partial charge in [0, 0.05) is 29.5 Å². The van der Waals surface area contributed by atoms with E-state index in [1.807, 2.05) is 6.07 Å². The Bertz CT molecular complexity index is 1080. The largest absolute Gasteiger partial charge is 0.540 e. The zero-order chi connectivity index (χ0) is 26.6. The quantitative estimate of drug-likeness (QED) is 0.227. The monoisotopic (exact) mass is 532 g/mol. The first kappa shape index (κ1) is 28.4. The Morgan fingerprint density at radius 3 is 1.92 bits per heavy atom. The van der Waals surface area contributed by atoms with E-state index in [2.05, 4.69) is 70.5 Å². The normalized spacial score (nSPS) is 13.6. The topological polar surface area (TPSA) is 39.9 Å². The standard InChI is InChI=1S/C29H43ClNO4Si/c1-19(2)36(20(3)4,21(5)6)35-29-15-23(25(30)17-28(29)34-9)11-13-31-12-10-22-14-26(32-7)27(33-8)16-24(22)18-31/h14-21H,10-13H2,1-9H3/q+1. The van der Waals surface area contributed by atoms with E-state index in [-0.39, 0.29) is 0 Å². The molecule has 0 N–H and O–H groups in total. The van der Waals surface area contributed by atoms with Crippen LogP contribution in [0.3, 0.4) is 0 Å². The lowest BCUT2D eigenvalue weighted by Crippen LogP contribution is -2.50. The molecule has 1 aliphatic heterocycles. The third-order valence-corrected chi connectivity index (χ3v) is 14.0. The van der Waals surface area contributed by atoms with Crippen molar-refractivity contribution >= 4 is 26.1 Å². The van der Waals surface area contributed by atoms with Gasteiger partial charge in [0.2, 0.25) is 0 Å². The SMILES string of the molecule is COc1cc2c(cc1OC)CC[N+](CCc1cc(O[Si](C(C)C)(C(C)C)C(C)C)c(OC)cc1Cl)=C2. The molecule has 0 radical (unpaired) electrons. The summed E-state index contributed by atoms with van der Waals surface area (Å²) in [6.07, 6.45) is 3.99. The molecule has 5 nitrogen and oxygen atoms in total. The highest BCUT2D eigenvalue weighted by molar-refractivity contribution is 6.78. The molecule has 36 heavy (non-hydrogen) atoms. The van der Waals surface area contributed by atoms with Crippen molar-refractivity contribution in [3.63, 3.8) is 0 Å². The van der Waals surface area contributed by atoms with Gasteiger partial charge in [-0.2, -0.15) is 0 Å². The van der Waals surface area contributed by atoms with Crippen LogP contribution in [0.2, 0.25) is 21.6 Å². The van der Waals surface area contributed by atoms with Crippen molar-refractivity contribution in [3.8, 4) is 23.0 Å². The Morgan fingerprint density at radius 1 is 0.806 bits per heavy atom. The molecule has 2 aromatic rings. The van der Waals surface area contributed by atoms with E-state index in [0.717, 1.165) is 48.7 Å². The van der Waals surface area contributed by atoms with E-state index in [0.29, 0.717) is 27.4 Å². The highest BCUT2D eigenvalue weighted by Crippen LogP contribution is 2.45. The molecule has 198 valence electrons. The van der Waals surface area contributed by atoms with Crippen molar-refractivity contribution in [1.82, 2.24) is 0 Å². The Morgan fingerprint density at radius 2 is 1.36 bits per heavy atom. The minimum atomic E-state index is -2.13. The van der Waals surface area contributed by atoms with Crippen molar-refractivity contribution < 1.29 is 23.2 Å². The van der Waals surface area contributed by atoms with E-state index in [1.165, 1.54) is 11.1 Å². The summed E-state index contributed by atoms with van der Waals surface area (Å²) in [5, 5.41) is 0.717. The van der Waals surface area contributed by atoms with E-state index in [4.69, 9.17) is 30.2 Å². The maximum atomic E-state index is 7.00. The fourth-order valence-electron chi connectivity index (χ4n) is 5.79. The predicted molar refractivity (Wildman–Crippen MR) is 152 cm³/mol. The van der Waals surface area contributed by atoms with Gasteiger partial charge in [0.25, 0.3) is 8.32 Å². The minimum absolute atomic E-state index is 0.472. The summed E-state index contributed by atoms with van der Waals surface area (Å²) in [5.41, 5.74) is 4.95. The van der Waals surface area contributed by atoms with Crippen molar-refractivity contribution in [2.24, 2.45) is 0 Å². The average molecular weight is 533 g/mol. The molecule has 0 amide bonds. The smallest absolute Gasteiger partial charge is 0.258 e. The van der Waals surface area contributed by atoms with E-state index >= 15 is 0 Å². The lowest BCUT2D eigenvalue weighted by molar-refractivity contribution is -0.523. The molecule has 2 aromatic carbocycles. The van der Waals surface area contributed by atoms with Crippen molar-refractivity contribution in [1.29, 1.82) is 0 Å². The van der Waals surface area contributed by atoms with Gasteiger partial charge in [0.15, 0.2) is 23.5 Å². The van der Waals surface area contributed by atoms with Crippen LogP contribution in [-0.4, -0.2) is 53.5 Å². The number of hydrogen-bond donors (Lipinski definition) is 0. The molecule has 0 saturated heterocycles. The number of hydrogen-bond acceptors (Lipinski definition) is 4. The molecule has 1 heterocycles. The molecule has 0 spiro atoms. The van der Waals surface area contributed by atoms with Gasteiger partial charge in [-0.05, 0) is 45.9 Å². The summed E-state index contributed by atoms with van der Waals surface area (Å²) in [7, 11) is 2.90. The number of nitrogens with zero attached hydrogens (tertiary/aromatic N) is 1. The molecule has 0 saturated carbocycles. The summed E-state index contributed by atoms with van der Waals surface area (Å²) in [6.45, 7) is 15.6. The Kier molecular flexibility index (Phi) is 9.39. The van der Waals surface area contributed by atoms with Gasteiger partial charge >= 0.3 is 0 Å². The van der Waals surface area contributed by atoms with Gasteiger partial charge in [-0.1, -0.05) is 53.1 Å². The zero-order valence-electron chi connectivity index (χ0n) is 23.4. The minimum Gasteiger partial charge on any atom is -0.540 e. The van der Waals surface area contributed by atoms with Crippen LogP contribution in [0.15, 0.2) is 24.3 Å². The van der Waals surface area contributed by atoms with E-state index in [1.54, 1.807) is 21.3 Å². The van der Waals surface area contributed by atoms with E-state index < -0.39 is 8.32 Å². The number of methoxy groups -OCH3 is 3. The number of fused-ring (bicyclic) bond motifs is 1. The molecule has 0 aliphatic carbocycles. The maximum absolute atomic E-state index is 7.00. The lowest BCUT2D eigenvalue weighted by Gasteiger charge is -2.42. The zero-order valence-corrected chi connectivity index (χ0v) is 25.2. The molecule has 1 aliphatic rings. The van der Waals surface area contributed by atoms with Gasteiger partial charge < -0.3 is 18.6 Å². The van der Waals surface area contributed by atoms with Crippen molar-refractivity contribution in [2.75, 3.05) is 34.4 Å². The summed E-state index contributed by atoms with van der Waals surface area (Å²) in [5.74, 6) is 3.06. The van der Waals surface area contributed by atoms with Crippen LogP contribution in [0.1, 0.15) is 58.2 Å². The summed E-state index contributed by atoms with van der Waals surface area (Å²) >= 11 is 6.73. The van der Waals surface area contributed by atoms with Crippen molar-refractivity contribution in [2.45, 2.75) is 71.0 Å². The van der Waals surface area contributed by atoms with Gasteiger partial charge in [-0.3, -0.25) is 0 Å². The third-order valence-electron chi connectivity index (χ3n) is 7.63. The molecule has 3 rings (SSSR count). The fourth-order valence-corrected chi connectivity index (χ4v) is 11.3. The number of halogens is 1. The lowest BCUT2D eigenvalue weighted by atomic mass is 10.0. The average Bonchev–Trinajstić information content (AvgIpc) is 2.85. The van der Waals surface area contributed by atoms with Gasteiger partial charge in [0.1, 0.15) is 18.8 Å². The second-order valence-corrected chi connectivity index (χ2v) is 16.4. The highest BCUT2D eigenvalue weighted by atomic mass is 35.5. The van der Waals surface area contributed by atoms with Crippen LogP contribution >= 0.6 is 11.6 Å². The second-order valence-electron chi connectivity index (χ2n) is 10.6.